The van der Waals surface area contributed by atoms with E-state index in [0.717, 1.165) is 48.5 Å². The van der Waals surface area contributed by atoms with Crippen molar-refractivity contribution in [2.24, 2.45) is 0 Å². The average Bonchev–Trinajstić information content (AvgIpc) is 2.73. The van der Waals surface area contributed by atoms with Crippen LogP contribution in [0.2, 0.25) is 0 Å². The molecule has 0 bridgehead atoms. The van der Waals surface area contributed by atoms with Gasteiger partial charge in [-0.1, -0.05) is 48.5 Å². The molecule has 144 valence electrons. The van der Waals surface area contributed by atoms with Crippen molar-refractivity contribution in [3.05, 3.63) is 71.9 Å². The van der Waals surface area contributed by atoms with Crippen LogP contribution in [0.15, 0.2) is 60.8 Å². The van der Waals surface area contributed by atoms with Gasteiger partial charge >= 0.3 is 0 Å². The molecule has 3 aromatic rings. The van der Waals surface area contributed by atoms with Gasteiger partial charge in [0.05, 0.1) is 6.42 Å². The van der Waals surface area contributed by atoms with Gasteiger partial charge in [0.2, 0.25) is 5.91 Å². The highest BCUT2D eigenvalue weighted by Crippen LogP contribution is 2.16. The predicted molar refractivity (Wildman–Crippen MR) is 113 cm³/mol. The maximum Gasteiger partial charge on any atom is 0.224 e. The number of hydrogen-bond donors (Lipinski definition) is 1. The third-order valence-electron chi connectivity index (χ3n) is 5.30. The number of nitrogens with one attached hydrogen (secondary N) is 1. The molecule has 1 N–H and O–H groups in total. The number of hydrogen-bond acceptors (Lipinski definition) is 4. The van der Waals surface area contributed by atoms with Crippen LogP contribution in [0, 0.1) is 0 Å². The number of rotatable bonds is 5. The third kappa shape index (κ3) is 4.49. The number of pyridine rings is 1. The van der Waals surface area contributed by atoms with Crippen LogP contribution in [0.25, 0.3) is 10.8 Å². The van der Waals surface area contributed by atoms with E-state index in [1.54, 1.807) is 0 Å². The van der Waals surface area contributed by atoms with E-state index >= 15 is 0 Å². The summed E-state index contributed by atoms with van der Waals surface area (Å²) in [5.41, 5.74) is 2.05. The van der Waals surface area contributed by atoms with E-state index in [0.29, 0.717) is 13.0 Å². The molecule has 1 aliphatic heterocycles. The molecule has 4 rings (SSSR count). The molecule has 2 aromatic carbocycles. The number of fused-ring (bicyclic) bond motifs is 1. The predicted octanol–water partition coefficient (Wildman–Crippen LogP) is 2.85. The van der Waals surface area contributed by atoms with Crippen LogP contribution >= 0.6 is 0 Å². The van der Waals surface area contributed by atoms with Gasteiger partial charge in [0.15, 0.2) is 0 Å². The summed E-state index contributed by atoms with van der Waals surface area (Å²) < 4.78 is 0. The minimum Gasteiger partial charge on any atom is -0.354 e. The highest BCUT2D eigenvalue weighted by atomic mass is 16.1. The fourth-order valence-corrected chi connectivity index (χ4v) is 3.54. The first-order valence-electron chi connectivity index (χ1n) is 9.80. The topological polar surface area (TPSA) is 48.5 Å². The minimum absolute atomic E-state index is 0.0263. The summed E-state index contributed by atoms with van der Waals surface area (Å²) in [5.74, 6) is 1.04. The van der Waals surface area contributed by atoms with Gasteiger partial charge < -0.3 is 15.1 Å². The van der Waals surface area contributed by atoms with E-state index in [1.165, 1.54) is 5.39 Å². The highest BCUT2D eigenvalue weighted by Gasteiger charge is 2.15. The molecule has 2 heterocycles. The van der Waals surface area contributed by atoms with Crippen molar-refractivity contribution in [1.29, 1.82) is 0 Å². The van der Waals surface area contributed by atoms with Crippen LogP contribution in [-0.2, 0) is 17.8 Å². The quantitative estimate of drug-likeness (QED) is 0.746. The number of nitrogens with zero attached hydrogens (tertiary/aromatic N) is 3. The Balaban J connectivity index is 1.30. The van der Waals surface area contributed by atoms with E-state index in [9.17, 15) is 4.79 Å². The van der Waals surface area contributed by atoms with E-state index < -0.39 is 0 Å². The molecule has 0 saturated carbocycles. The Morgan fingerprint density at radius 1 is 0.964 bits per heavy atom. The summed E-state index contributed by atoms with van der Waals surface area (Å²) in [7, 11) is 2.15. The van der Waals surface area contributed by atoms with Gasteiger partial charge in [0.25, 0.3) is 0 Å². The Morgan fingerprint density at radius 3 is 2.46 bits per heavy atom. The van der Waals surface area contributed by atoms with Crippen molar-refractivity contribution in [2.45, 2.75) is 13.0 Å². The number of aromatic nitrogens is 1. The summed E-state index contributed by atoms with van der Waals surface area (Å²) in [6.45, 7) is 4.64. The normalized spacial score (nSPS) is 15.0. The Bertz CT molecular complexity index is 946. The fraction of sp³-hybridized carbons (Fsp3) is 0.304. The van der Waals surface area contributed by atoms with Gasteiger partial charge in [-0.25, -0.2) is 4.98 Å². The summed E-state index contributed by atoms with van der Waals surface area (Å²) >= 11 is 0. The van der Waals surface area contributed by atoms with E-state index in [1.807, 2.05) is 24.4 Å². The second-order valence-electron chi connectivity index (χ2n) is 7.45. The number of piperazine rings is 1. The van der Waals surface area contributed by atoms with Crippen molar-refractivity contribution >= 4 is 22.5 Å². The Kier molecular flexibility index (Phi) is 5.53. The van der Waals surface area contributed by atoms with Crippen molar-refractivity contribution in [1.82, 2.24) is 15.2 Å². The number of amides is 1. The SMILES string of the molecule is CN1CCN(c2ccc(CNC(=O)Cc3ccc4ccccc4c3)cn2)CC1. The van der Waals surface area contributed by atoms with Crippen LogP contribution in [0.4, 0.5) is 5.82 Å². The number of carbonyl (C=O) groups excluding carboxylic acids is 1. The molecule has 1 aliphatic rings. The van der Waals surface area contributed by atoms with Crippen LogP contribution in [0.5, 0.6) is 0 Å². The van der Waals surface area contributed by atoms with Crippen LogP contribution in [0.3, 0.4) is 0 Å². The van der Waals surface area contributed by atoms with Gasteiger partial charge in [-0.05, 0) is 35.0 Å². The van der Waals surface area contributed by atoms with Gasteiger partial charge in [0.1, 0.15) is 5.82 Å². The first-order valence-corrected chi connectivity index (χ1v) is 9.80. The second-order valence-corrected chi connectivity index (χ2v) is 7.45. The fourth-order valence-electron chi connectivity index (χ4n) is 3.54. The maximum absolute atomic E-state index is 12.3. The molecule has 0 unspecified atom stereocenters. The van der Waals surface area contributed by atoms with Crippen molar-refractivity contribution in [2.75, 3.05) is 38.1 Å². The third-order valence-corrected chi connectivity index (χ3v) is 5.30. The largest absolute Gasteiger partial charge is 0.354 e. The van der Waals surface area contributed by atoms with Crippen molar-refractivity contribution in [3.63, 3.8) is 0 Å². The molecule has 1 aromatic heterocycles. The molecule has 1 saturated heterocycles. The lowest BCUT2D eigenvalue weighted by Gasteiger charge is -2.33. The van der Waals surface area contributed by atoms with Crippen LogP contribution < -0.4 is 10.2 Å². The molecular formula is C23H26N4O. The minimum atomic E-state index is 0.0263. The molecule has 28 heavy (non-hydrogen) atoms. The number of carbonyl (C=O) groups is 1. The zero-order valence-electron chi connectivity index (χ0n) is 16.3. The lowest BCUT2D eigenvalue weighted by Crippen LogP contribution is -2.44. The lowest BCUT2D eigenvalue weighted by molar-refractivity contribution is -0.120. The summed E-state index contributed by atoms with van der Waals surface area (Å²) in [6.07, 6.45) is 2.25. The molecule has 0 atom stereocenters. The smallest absolute Gasteiger partial charge is 0.224 e. The Morgan fingerprint density at radius 2 is 1.71 bits per heavy atom. The molecule has 0 spiro atoms. The monoisotopic (exact) mass is 374 g/mol. The summed E-state index contributed by atoms with van der Waals surface area (Å²) in [6, 6.07) is 18.5. The van der Waals surface area contributed by atoms with E-state index in [-0.39, 0.29) is 5.91 Å². The molecular weight excluding hydrogens is 348 g/mol. The van der Waals surface area contributed by atoms with Crippen LogP contribution in [0.1, 0.15) is 11.1 Å². The Labute approximate surface area is 166 Å². The zero-order chi connectivity index (χ0) is 19.3. The number of likely N-dealkylation sites (N-methyl/N-ethyl adjacent to an activating group) is 1. The summed E-state index contributed by atoms with van der Waals surface area (Å²) in [5, 5.41) is 5.36. The van der Waals surface area contributed by atoms with Crippen molar-refractivity contribution in [3.8, 4) is 0 Å². The lowest BCUT2D eigenvalue weighted by atomic mass is 10.0. The van der Waals surface area contributed by atoms with Crippen molar-refractivity contribution < 1.29 is 4.79 Å². The number of benzene rings is 2. The standard InChI is InChI=1S/C23H26N4O/c1-26-10-12-27(13-11-26)22-9-7-19(16-24-22)17-25-23(28)15-18-6-8-20-4-2-3-5-21(20)14-18/h2-9,14,16H,10-13,15,17H2,1H3,(H,25,28). The van der Waals surface area contributed by atoms with Crippen LogP contribution in [-0.4, -0.2) is 49.0 Å². The molecule has 0 aliphatic carbocycles. The Hall–Kier alpha value is -2.92. The highest BCUT2D eigenvalue weighted by molar-refractivity contribution is 5.85. The molecule has 5 nitrogen and oxygen atoms in total. The molecule has 1 amide bonds. The second kappa shape index (κ2) is 8.40. The molecule has 5 heteroatoms. The van der Waals surface area contributed by atoms with E-state index in [2.05, 4.69) is 63.5 Å². The average molecular weight is 374 g/mol. The first kappa shape index (κ1) is 18.4. The van der Waals surface area contributed by atoms with E-state index in [4.69, 9.17) is 0 Å². The van der Waals surface area contributed by atoms with Gasteiger partial charge in [-0.3, -0.25) is 4.79 Å². The number of anilines is 1. The molecule has 0 radical (unpaired) electrons. The zero-order valence-corrected chi connectivity index (χ0v) is 16.3. The maximum atomic E-state index is 12.3. The first-order chi connectivity index (χ1) is 13.7. The van der Waals surface area contributed by atoms with Gasteiger partial charge in [-0.2, -0.15) is 0 Å². The summed E-state index contributed by atoms with van der Waals surface area (Å²) in [4.78, 5) is 21.5. The van der Waals surface area contributed by atoms with Gasteiger partial charge in [-0.15, -0.1) is 0 Å². The van der Waals surface area contributed by atoms with Gasteiger partial charge in [0, 0.05) is 38.9 Å². The molecule has 1 fully saturated rings.